The minimum atomic E-state index is -4.22. The first kappa shape index (κ1) is 15.6. The quantitative estimate of drug-likeness (QED) is 0.897. The van der Waals surface area contributed by atoms with E-state index in [4.69, 9.17) is 15.2 Å². The molecule has 2 N–H and O–H groups in total. The van der Waals surface area contributed by atoms with E-state index < -0.39 is 18.6 Å². The van der Waals surface area contributed by atoms with Crippen molar-refractivity contribution in [1.29, 1.82) is 0 Å². The van der Waals surface area contributed by atoms with Crippen molar-refractivity contribution in [2.75, 3.05) is 14.2 Å². The van der Waals surface area contributed by atoms with Gasteiger partial charge in [-0.15, -0.1) is 0 Å². The van der Waals surface area contributed by atoms with Crippen LogP contribution in [0, 0.1) is 6.92 Å². The summed E-state index contributed by atoms with van der Waals surface area (Å²) in [5.74, 6) is 0.901. The Morgan fingerprint density at radius 2 is 1.63 bits per heavy atom. The van der Waals surface area contributed by atoms with Crippen LogP contribution in [0.25, 0.3) is 0 Å². The van der Waals surface area contributed by atoms with E-state index in [-0.39, 0.29) is 6.42 Å². The molecule has 108 valence electrons. The van der Waals surface area contributed by atoms with Crippen LogP contribution < -0.4 is 15.2 Å². The van der Waals surface area contributed by atoms with Crippen LogP contribution in [0.4, 0.5) is 13.2 Å². The third-order valence-electron chi connectivity index (χ3n) is 2.80. The largest absolute Gasteiger partial charge is 0.496 e. The van der Waals surface area contributed by atoms with Crippen molar-refractivity contribution in [3.8, 4) is 11.5 Å². The van der Waals surface area contributed by atoms with E-state index in [1.807, 2.05) is 6.92 Å². The highest BCUT2D eigenvalue weighted by Gasteiger charge is 2.29. The monoisotopic (exact) mass is 277 g/mol. The van der Waals surface area contributed by atoms with Gasteiger partial charge in [-0.25, -0.2) is 0 Å². The Labute approximate surface area is 110 Å². The summed E-state index contributed by atoms with van der Waals surface area (Å²) >= 11 is 0. The molecule has 0 amide bonds. The second-order valence-corrected chi connectivity index (χ2v) is 4.34. The number of rotatable bonds is 5. The molecule has 3 nitrogen and oxygen atoms in total. The summed E-state index contributed by atoms with van der Waals surface area (Å²) in [6, 6.07) is 2.67. The van der Waals surface area contributed by atoms with Crippen LogP contribution in [0.5, 0.6) is 11.5 Å². The number of nitrogens with two attached hydrogens (primary N) is 1. The molecule has 1 aromatic carbocycles. The van der Waals surface area contributed by atoms with Gasteiger partial charge in [-0.3, -0.25) is 0 Å². The fourth-order valence-corrected chi connectivity index (χ4v) is 1.90. The lowest BCUT2D eigenvalue weighted by molar-refractivity contribution is -0.136. The van der Waals surface area contributed by atoms with E-state index in [9.17, 15) is 13.2 Å². The van der Waals surface area contributed by atoms with Crippen LogP contribution in [0.1, 0.15) is 30.0 Å². The third-order valence-corrected chi connectivity index (χ3v) is 2.80. The molecule has 0 aliphatic heterocycles. The minimum Gasteiger partial charge on any atom is -0.496 e. The zero-order valence-electron chi connectivity index (χ0n) is 11.2. The predicted molar refractivity (Wildman–Crippen MR) is 66.5 cm³/mol. The topological polar surface area (TPSA) is 44.5 Å². The molecule has 0 unspecified atom stereocenters. The second-order valence-electron chi connectivity index (χ2n) is 4.34. The van der Waals surface area contributed by atoms with Crippen molar-refractivity contribution in [3.63, 3.8) is 0 Å². The number of aryl methyl sites for hydroxylation is 1. The lowest BCUT2D eigenvalue weighted by atomic mass is 9.99. The molecule has 0 aromatic heterocycles. The Bertz CT molecular complexity index is 407. The van der Waals surface area contributed by atoms with Crippen LogP contribution in [0.15, 0.2) is 12.1 Å². The lowest BCUT2D eigenvalue weighted by Gasteiger charge is -2.20. The summed E-state index contributed by atoms with van der Waals surface area (Å²) in [4.78, 5) is 0. The van der Waals surface area contributed by atoms with Crippen molar-refractivity contribution >= 4 is 0 Å². The Balaban J connectivity index is 3.03. The number of ether oxygens (including phenoxy) is 2. The highest BCUT2D eigenvalue weighted by Crippen LogP contribution is 2.37. The van der Waals surface area contributed by atoms with Gasteiger partial charge in [0, 0.05) is 12.5 Å². The van der Waals surface area contributed by atoms with Crippen LogP contribution in [-0.4, -0.2) is 20.4 Å². The first-order valence-corrected chi connectivity index (χ1v) is 5.83. The maximum absolute atomic E-state index is 12.2. The first-order chi connectivity index (χ1) is 8.78. The molecular formula is C13H18F3NO2. The molecule has 0 heterocycles. The highest BCUT2D eigenvalue weighted by molar-refractivity contribution is 5.49. The summed E-state index contributed by atoms with van der Waals surface area (Å²) in [5.41, 5.74) is 7.21. The molecule has 1 aromatic rings. The van der Waals surface area contributed by atoms with E-state index in [1.165, 1.54) is 14.2 Å². The smallest absolute Gasteiger partial charge is 0.389 e. The van der Waals surface area contributed by atoms with Crippen LogP contribution in [0.2, 0.25) is 0 Å². The van der Waals surface area contributed by atoms with Gasteiger partial charge < -0.3 is 15.2 Å². The maximum atomic E-state index is 12.2. The molecule has 1 atom stereocenters. The Hall–Kier alpha value is -1.43. The minimum absolute atomic E-state index is 0.209. The SMILES string of the molecule is COc1cc(C)cc(OC)c1[C@@H](N)CCC(F)(F)F. The Kier molecular flexibility index (Phi) is 5.05. The van der Waals surface area contributed by atoms with E-state index in [0.29, 0.717) is 17.1 Å². The van der Waals surface area contributed by atoms with Gasteiger partial charge >= 0.3 is 6.18 Å². The summed E-state index contributed by atoms with van der Waals surface area (Å²) < 4.78 is 47.1. The van der Waals surface area contributed by atoms with Crippen molar-refractivity contribution in [2.24, 2.45) is 5.73 Å². The number of methoxy groups -OCH3 is 2. The van der Waals surface area contributed by atoms with Gasteiger partial charge in [0.2, 0.25) is 0 Å². The van der Waals surface area contributed by atoms with Gasteiger partial charge in [0.1, 0.15) is 11.5 Å². The molecule has 19 heavy (non-hydrogen) atoms. The predicted octanol–water partition coefficient (Wildman–Crippen LogP) is 3.35. The molecule has 0 saturated carbocycles. The van der Waals surface area contributed by atoms with Gasteiger partial charge in [-0.05, 0) is 31.0 Å². The van der Waals surface area contributed by atoms with Crippen molar-refractivity contribution in [1.82, 2.24) is 0 Å². The van der Waals surface area contributed by atoms with Crippen molar-refractivity contribution in [3.05, 3.63) is 23.3 Å². The van der Waals surface area contributed by atoms with Crippen molar-refractivity contribution in [2.45, 2.75) is 32.0 Å². The summed E-state index contributed by atoms with van der Waals surface area (Å²) in [5, 5.41) is 0. The normalized spacial score (nSPS) is 13.2. The first-order valence-electron chi connectivity index (χ1n) is 5.83. The van der Waals surface area contributed by atoms with Crippen LogP contribution in [0.3, 0.4) is 0 Å². The Morgan fingerprint density at radius 1 is 1.16 bits per heavy atom. The molecule has 0 radical (unpaired) electrons. The zero-order chi connectivity index (χ0) is 14.6. The van der Waals surface area contributed by atoms with E-state index in [1.54, 1.807) is 12.1 Å². The van der Waals surface area contributed by atoms with Crippen LogP contribution in [-0.2, 0) is 0 Å². The number of hydrogen-bond donors (Lipinski definition) is 1. The number of hydrogen-bond acceptors (Lipinski definition) is 3. The van der Waals surface area contributed by atoms with E-state index >= 15 is 0 Å². The number of halogens is 3. The van der Waals surface area contributed by atoms with E-state index in [0.717, 1.165) is 5.56 Å². The van der Waals surface area contributed by atoms with Crippen LogP contribution >= 0.6 is 0 Å². The summed E-state index contributed by atoms with van der Waals surface area (Å²) in [7, 11) is 2.91. The summed E-state index contributed by atoms with van der Waals surface area (Å²) in [6.45, 7) is 1.84. The average molecular weight is 277 g/mol. The summed E-state index contributed by atoms with van der Waals surface area (Å²) in [6.07, 6.45) is -5.36. The third kappa shape index (κ3) is 4.31. The number of alkyl halides is 3. The molecule has 0 aliphatic rings. The fraction of sp³-hybridized carbons (Fsp3) is 0.538. The van der Waals surface area contributed by atoms with Gasteiger partial charge in [0.25, 0.3) is 0 Å². The standard InChI is InChI=1S/C13H18F3NO2/c1-8-6-10(18-2)12(11(7-8)19-3)9(17)4-5-13(14,15)16/h6-7,9H,4-5,17H2,1-3H3/t9-/m0/s1. The van der Waals surface area contributed by atoms with E-state index in [2.05, 4.69) is 0 Å². The molecule has 0 aliphatic carbocycles. The van der Waals surface area contributed by atoms with Gasteiger partial charge in [0.15, 0.2) is 0 Å². The zero-order valence-corrected chi connectivity index (χ0v) is 11.2. The molecular weight excluding hydrogens is 259 g/mol. The fourth-order valence-electron chi connectivity index (χ4n) is 1.90. The molecule has 0 fully saturated rings. The molecule has 0 spiro atoms. The highest BCUT2D eigenvalue weighted by atomic mass is 19.4. The van der Waals surface area contributed by atoms with Gasteiger partial charge in [-0.2, -0.15) is 13.2 Å². The van der Waals surface area contributed by atoms with Gasteiger partial charge in [-0.1, -0.05) is 0 Å². The molecule has 1 rings (SSSR count). The lowest BCUT2D eigenvalue weighted by Crippen LogP contribution is -2.17. The Morgan fingerprint density at radius 3 is 2.00 bits per heavy atom. The second kappa shape index (κ2) is 6.14. The van der Waals surface area contributed by atoms with Crippen molar-refractivity contribution < 1.29 is 22.6 Å². The molecule has 6 heteroatoms. The molecule has 0 bridgehead atoms. The molecule has 0 saturated heterocycles. The van der Waals surface area contributed by atoms with Gasteiger partial charge in [0.05, 0.1) is 19.8 Å². The average Bonchev–Trinajstić information content (AvgIpc) is 2.33. The maximum Gasteiger partial charge on any atom is 0.389 e. The number of benzene rings is 1.